The summed E-state index contributed by atoms with van der Waals surface area (Å²) in [5.74, 6) is 0. The van der Waals surface area contributed by atoms with Crippen LogP contribution in [0, 0.1) is 0 Å². The zero-order chi connectivity index (χ0) is 7.68. The number of aromatic nitrogens is 1. The van der Waals surface area contributed by atoms with Crippen LogP contribution in [-0.4, -0.2) is 11.5 Å². The monoisotopic (exact) mass is 202 g/mol. The van der Waals surface area contributed by atoms with Crippen molar-refractivity contribution in [2.45, 2.75) is 6.42 Å². The normalized spacial score (nSPS) is 10.1. The maximum absolute atomic E-state index is 5.47. The first-order valence-electron chi connectivity index (χ1n) is 3.65. The molecule has 0 atom stereocenters. The molecule has 12 heavy (non-hydrogen) atoms. The molecule has 0 spiro atoms. The second-order valence-corrected chi connectivity index (χ2v) is 3.43. The molecule has 4 heteroatoms. The van der Waals surface area contributed by atoms with E-state index in [4.69, 9.17) is 5.73 Å². The van der Waals surface area contributed by atoms with Crippen molar-refractivity contribution >= 4 is 34.0 Å². The summed E-state index contributed by atoms with van der Waals surface area (Å²) in [6, 6.07) is 2.14. The Morgan fingerprint density at radius 1 is 1.50 bits per heavy atom. The van der Waals surface area contributed by atoms with Crippen molar-refractivity contribution in [2.24, 2.45) is 5.73 Å². The summed E-state index contributed by atoms with van der Waals surface area (Å²) in [4.78, 5) is 4.47. The van der Waals surface area contributed by atoms with Crippen LogP contribution in [-0.2, 0) is 6.42 Å². The summed E-state index contributed by atoms with van der Waals surface area (Å²) in [5, 5.41) is 3.43. The quantitative estimate of drug-likeness (QED) is 0.770. The van der Waals surface area contributed by atoms with Crippen LogP contribution in [0.15, 0.2) is 17.6 Å². The van der Waals surface area contributed by atoms with Crippen LogP contribution in [0.2, 0.25) is 0 Å². The topological polar surface area (TPSA) is 41.8 Å². The summed E-state index contributed by atoms with van der Waals surface area (Å²) >= 11 is 1.74. The summed E-state index contributed by atoms with van der Waals surface area (Å²) in [6.45, 7) is 0.725. The van der Waals surface area contributed by atoms with E-state index in [-0.39, 0.29) is 12.4 Å². The third-order valence-electron chi connectivity index (χ3n) is 1.80. The molecule has 0 saturated carbocycles. The third kappa shape index (κ3) is 1.48. The number of rotatable bonds is 2. The van der Waals surface area contributed by atoms with E-state index in [1.54, 1.807) is 11.3 Å². The maximum Gasteiger partial charge on any atom is 0.0999 e. The van der Waals surface area contributed by atoms with Gasteiger partial charge in [-0.2, -0.15) is 0 Å². The number of hydrogen-bond donors (Lipinski definition) is 2. The van der Waals surface area contributed by atoms with Crippen molar-refractivity contribution in [3.05, 3.63) is 23.2 Å². The molecule has 0 unspecified atom stereocenters. The number of hydrogen-bond acceptors (Lipinski definition) is 2. The SMILES string of the molecule is Cl.NCCc1c[nH]c2sccc12. The van der Waals surface area contributed by atoms with Crippen LogP contribution in [0.5, 0.6) is 0 Å². The number of thiophene rings is 1. The highest BCUT2D eigenvalue weighted by Crippen LogP contribution is 2.23. The fourth-order valence-corrected chi connectivity index (χ4v) is 2.06. The Kier molecular flexibility index (Phi) is 3.14. The molecule has 3 N–H and O–H groups in total. The summed E-state index contributed by atoms with van der Waals surface area (Å²) in [5.41, 5.74) is 6.81. The highest BCUT2D eigenvalue weighted by molar-refractivity contribution is 7.16. The molecule has 2 aromatic rings. The smallest absolute Gasteiger partial charge is 0.0999 e. The van der Waals surface area contributed by atoms with E-state index in [9.17, 15) is 0 Å². The second kappa shape index (κ2) is 3.94. The molecular formula is C8H11ClN2S. The number of halogens is 1. The van der Waals surface area contributed by atoms with E-state index in [0.717, 1.165) is 13.0 Å². The lowest BCUT2D eigenvalue weighted by Crippen LogP contribution is -2.01. The Labute approximate surface area is 81.2 Å². The van der Waals surface area contributed by atoms with E-state index in [1.807, 2.05) is 6.20 Å². The number of fused-ring (bicyclic) bond motifs is 1. The largest absolute Gasteiger partial charge is 0.353 e. The van der Waals surface area contributed by atoms with E-state index >= 15 is 0 Å². The van der Waals surface area contributed by atoms with Gasteiger partial charge in [-0.25, -0.2) is 0 Å². The van der Waals surface area contributed by atoms with Gasteiger partial charge in [0, 0.05) is 11.6 Å². The van der Waals surface area contributed by atoms with Gasteiger partial charge in [0.05, 0.1) is 4.83 Å². The van der Waals surface area contributed by atoms with Crippen LogP contribution in [0.4, 0.5) is 0 Å². The first-order valence-corrected chi connectivity index (χ1v) is 4.53. The van der Waals surface area contributed by atoms with Crippen molar-refractivity contribution in [1.82, 2.24) is 4.98 Å². The van der Waals surface area contributed by atoms with Gasteiger partial charge in [-0.05, 0) is 30.0 Å². The minimum absolute atomic E-state index is 0. The van der Waals surface area contributed by atoms with Crippen molar-refractivity contribution in [3.63, 3.8) is 0 Å². The van der Waals surface area contributed by atoms with Gasteiger partial charge in [-0.15, -0.1) is 23.7 Å². The van der Waals surface area contributed by atoms with E-state index in [1.165, 1.54) is 15.8 Å². The Balaban J connectivity index is 0.000000720. The molecule has 0 saturated heterocycles. The van der Waals surface area contributed by atoms with E-state index in [2.05, 4.69) is 16.4 Å². The number of aromatic amines is 1. The number of nitrogens with two attached hydrogens (primary N) is 1. The van der Waals surface area contributed by atoms with Gasteiger partial charge in [0.1, 0.15) is 0 Å². The molecular weight excluding hydrogens is 192 g/mol. The molecule has 0 aromatic carbocycles. The Hall–Kier alpha value is -0.510. The van der Waals surface area contributed by atoms with Crippen LogP contribution < -0.4 is 5.73 Å². The molecule has 0 amide bonds. The second-order valence-electron chi connectivity index (χ2n) is 2.52. The van der Waals surface area contributed by atoms with Crippen molar-refractivity contribution < 1.29 is 0 Å². The molecule has 2 nitrogen and oxygen atoms in total. The van der Waals surface area contributed by atoms with Gasteiger partial charge in [0.25, 0.3) is 0 Å². The van der Waals surface area contributed by atoms with Crippen LogP contribution in [0.3, 0.4) is 0 Å². The van der Waals surface area contributed by atoms with Crippen LogP contribution >= 0.6 is 23.7 Å². The molecule has 2 aromatic heterocycles. The Morgan fingerprint density at radius 3 is 3.08 bits per heavy atom. The highest BCUT2D eigenvalue weighted by atomic mass is 35.5. The Bertz CT molecular complexity index is 352. The van der Waals surface area contributed by atoms with Crippen LogP contribution in [0.25, 0.3) is 10.2 Å². The van der Waals surface area contributed by atoms with Crippen LogP contribution in [0.1, 0.15) is 5.56 Å². The summed E-state index contributed by atoms with van der Waals surface area (Å²) < 4.78 is 0. The van der Waals surface area contributed by atoms with Gasteiger partial charge < -0.3 is 10.7 Å². The predicted octanol–water partition coefficient (Wildman–Crippen LogP) is 2.15. The highest BCUT2D eigenvalue weighted by Gasteiger charge is 2.01. The maximum atomic E-state index is 5.47. The fraction of sp³-hybridized carbons (Fsp3) is 0.250. The molecule has 0 aliphatic heterocycles. The van der Waals surface area contributed by atoms with E-state index in [0.29, 0.717) is 0 Å². The molecule has 66 valence electrons. The van der Waals surface area contributed by atoms with Gasteiger partial charge in [0.15, 0.2) is 0 Å². The lowest BCUT2D eigenvalue weighted by molar-refractivity contribution is 0.976. The summed E-state index contributed by atoms with van der Waals surface area (Å²) in [7, 11) is 0. The minimum atomic E-state index is 0. The van der Waals surface area contributed by atoms with Crippen molar-refractivity contribution in [2.75, 3.05) is 6.54 Å². The van der Waals surface area contributed by atoms with Gasteiger partial charge in [-0.1, -0.05) is 0 Å². The molecule has 0 aliphatic rings. The third-order valence-corrected chi connectivity index (χ3v) is 2.65. The lowest BCUT2D eigenvalue weighted by atomic mass is 10.2. The summed E-state index contributed by atoms with van der Waals surface area (Å²) in [6.07, 6.45) is 3.02. The lowest BCUT2D eigenvalue weighted by Gasteiger charge is -1.90. The number of nitrogens with one attached hydrogen (secondary N) is 1. The minimum Gasteiger partial charge on any atom is -0.353 e. The zero-order valence-corrected chi connectivity index (χ0v) is 8.17. The fourth-order valence-electron chi connectivity index (χ4n) is 1.27. The molecule has 0 bridgehead atoms. The molecule has 0 fully saturated rings. The number of H-pyrrole nitrogens is 1. The first-order chi connectivity index (χ1) is 5.42. The zero-order valence-electron chi connectivity index (χ0n) is 6.54. The van der Waals surface area contributed by atoms with Crippen molar-refractivity contribution in [1.29, 1.82) is 0 Å². The van der Waals surface area contributed by atoms with E-state index < -0.39 is 0 Å². The molecule has 0 aliphatic carbocycles. The van der Waals surface area contributed by atoms with Crippen molar-refractivity contribution in [3.8, 4) is 0 Å². The average Bonchev–Trinajstić information content (AvgIpc) is 2.53. The molecule has 0 radical (unpaired) electrons. The average molecular weight is 203 g/mol. The Morgan fingerprint density at radius 2 is 2.33 bits per heavy atom. The molecule has 2 heterocycles. The van der Waals surface area contributed by atoms with Gasteiger partial charge in [0.2, 0.25) is 0 Å². The standard InChI is InChI=1S/C8H10N2S.ClH/c9-3-1-6-5-10-8-7(6)2-4-11-8;/h2,4-5,10H,1,3,9H2;1H. The van der Waals surface area contributed by atoms with Gasteiger partial charge in [-0.3, -0.25) is 0 Å². The predicted molar refractivity (Wildman–Crippen MR) is 56.2 cm³/mol. The molecule has 2 rings (SSSR count). The first kappa shape index (κ1) is 9.58. The van der Waals surface area contributed by atoms with Gasteiger partial charge >= 0.3 is 0 Å².